The Morgan fingerprint density at radius 1 is 1.04 bits per heavy atom. The molecule has 1 fully saturated rings. The number of H-pyrrole nitrogens is 1. The van der Waals surface area contributed by atoms with E-state index in [1.54, 1.807) is 6.20 Å². The average molecular weight is 320 g/mol. The molecule has 1 aliphatic heterocycles. The van der Waals surface area contributed by atoms with Crippen LogP contribution in [-0.4, -0.2) is 28.0 Å². The fourth-order valence-corrected chi connectivity index (χ4v) is 3.41. The molecule has 2 aromatic heterocycles. The molecule has 0 spiro atoms. The lowest BCUT2D eigenvalue weighted by molar-refractivity contribution is 0.568. The minimum Gasteiger partial charge on any atom is -0.342 e. The lowest BCUT2D eigenvalue weighted by atomic mass is 9.99. The van der Waals surface area contributed by atoms with E-state index >= 15 is 0 Å². The van der Waals surface area contributed by atoms with Crippen molar-refractivity contribution < 1.29 is 0 Å². The first-order valence-corrected chi connectivity index (χ1v) is 8.44. The van der Waals surface area contributed by atoms with E-state index in [0.29, 0.717) is 17.0 Å². The number of aromatic nitrogens is 3. The maximum atomic E-state index is 12.8. The molecule has 5 heteroatoms. The first-order valence-electron chi connectivity index (χ1n) is 8.44. The molecule has 0 saturated carbocycles. The van der Waals surface area contributed by atoms with E-state index in [0.717, 1.165) is 42.6 Å². The summed E-state index contributed by atoms with van der Waals surface area (Å²) < 4.78 is 0. The van der Waals surface area contributed by atoms with Crippen molar-refractivity contribution in [1.29, 1.82) is 0 Å². The second kappa shape index (κ2) is 6.07. The van der Waals surface area contributed by atoms with Gasteiger partial charge in [-0.05, 0) is 43.4 Å². The van der Waals surface area contributed by atoms with Crippen molar-refractivity contribution in [1.82, 2.24) is 15.0 Å². The summed E-state index contributed by atoms with van der Waals surface area (Å²) in [6.45, 7) is 3.92. The lowest BCUT2D eigenvalue weighted by Gasteiger charge is -2.27. The largest absolute Gasteiger partial charge is 0.342 e. The van der Waals surface area contributed by atoms with Crippen LogP contribution in [-0.2, 0) is 0 Å². The monoisotopic (exact) mass is 320 g/mol. The summed E-state index contributed by atoms with van der Waals surface area (Å²) in [5.41, 5.74) is 3.46. The molecule has 1 N–H and O–H groups in total. The second-order valence-corrected chi connectivity index (χ2v) is 6.31. The number of rotatable bonds is 2. The standard InChI is InChI=1S/C19H20N4O/c1-13-7-3-4-8-14(13)15-9-10-20-17-16(15)18(24)22-19(21-17)23-11-5-2-6-12-23/h3-4,7-10H,2,5-6,11-12H2,1H3,(H,20,21,22,24). The number of piperidine rings is 1. The molecule has 0 amide bonds. The average Bonchev–Trinajstić information content (AvgIpc) is 2.62. The van der Waals surface area contributed by atoms with Gasteiger partial charge in [0.15, 0.2) is 5.65 Å². The van der Waals surface area contributed by atoms with Crippen LogP contribution in [0.3, 0.4) is 0 Å². The Hall–Kier alpha value is -2.69. The molecule has 0 atom stereocenters. The van der Waals surface area contributed by atoms with E-state index in [9.17, 15) is 4.79 Å². The molecular formula is C19H20N4O. The molecule has 5 nitrogen and oxygen atoms in total. The minimum atomic E-state index is -0.119. The van der Waals surface area contributed by atoms with Gasteiger partial charge in [0.25, 0.3) is 5.56 Å². The quantitative estimate of drug-likeness (QED) is 0.787. The third-order valence-electron chi connectivity index (χ3n) is 4.69. The number of aromatic amines is 1. The molecule has 3 heterocycles. The highest BCUT2D eigenvalue weighted by molar-refractivity contribution is 5.93. The van der Waals surface area contributed by atoms with Gasteiger partial charge in [-0.2, -0.15) is 4.98 Å². The summed E-state index contributed by atoms with van der Waals surface area (Å²) in [5, 5.41) is 0.563. The van der Waals surface area contributed by atoms with Crippen LogP contribution in [0.5, 0.6) is 0 Å². The highest BCUT2D eigenvalue weighted by atomic mass is 16.1. The highest BCUT2D eigenvalue weighted by Gasteiger charge is 2.17. The van der Waals surface area contributed by atoms with Gasteiger partial charge in [0.1, 0.15) is 0 Å². The summed E-state index contributed by atoms with van der Waals surface area (Å²) in [6.07, 6.45) is 5.25. The number of nitrogens with one attached hydrogen (secondary N) is 1. The van der Waals surface area contributed by atoms with Crippen molar-refractivity contribution in [2.75, 3.05) is 18.0 Å². The molecule has 1 aliphatic rings. The van der Waals surface area contributed by atoms with Gasteiger partial charge in [-0.3, -0.25) is 9.78 Å². The van der Waals surface area contributed by atoms with E-state index in [4.69, 9.17) is 0 Å². The fraction of sp³-hybridized carbons (Fsp3) is 0.316. The number of aryl methyl sites for hydroxylation is 1. The summed E-state index contributed by atoms with van der Waals surface area (Å²) in [7, 11) is 0. The van der Waals surface area contributed by atoms with Crippen molar-refractivity contribution in [2.45, 2.75) is 26.2 Å². The van der Waals surface area contributed by atoms with Crippen LogP contribution < -0.4 is 10.5 Å². The maximum absolute atomic E-state index is 12.8. The van der Waals surface area contributed by atoms with Crippen LogP contribution in [0.1, 0.15) is 24.8 Å². The molecule has 0 aliphatic carbocycles. The van der Waals surface area contributed by atoms with Gasteiger partial charge in [0.05, 0.1) is 5.39 Å². The minimum absolute atomic E-state index is 0.119. The summed E-state index contributed by atoms with van der Waals surface area (Å²) in [6, 6.07) is 9.95. The van der Waals surface area contributed by atoms with Crippen molar-refractivity contribution in [3.8, 4) is 11.1 Å². The van der Waals surface area contributed by atoms with Crippen LogP contribution >= 0.6 is 0 Å². The molecule has 4 rings (SSSR count). The first-order chi connectivity index (χ1) is 11.7. The number of fused-ring (bicyclic) bond motifs is 1. The Morgan fingerprint density at radius 3 is 2.62 bits per heavy atom. The fourth-order valence-electron chi connectivity index (χ4n) is 3.41. The van der Waals surface area contributed by atoms with E-state index in [2.05, 4.69) is 19.9 Å². The summed E-state index contributed by atoms with van der Waals surface area (Å²) in [4.78, 5) is 26.9. The third kappa shape index (κ3) is 2.56. The SMILES string of the molecule is Cc1ccccc1-c1ccnc2nc(N3CCCCC3)[nH]c(=O)c12. The Bertz CT molecular complexity index is 941. The van der Waals surface area contributed by atoms with Crippen LogP contribution in [0, 0.1) is 6.92 Å². The lowest BCUT2D eigenvalue weighted by Crippen LogP contribution is -2.32. The van der Waals surface area contributed by atoms with Crippen LogP contribution in [0.25, 0.3) is 22.2 Å². The van der Waals surface area contributed by atoms with Crippen LogP contribution in [0.4, 0.5) is 5.95 Å². The Labute approximate surface area is 140 Å². The van der Waals surface area contributed by atoms with E-state index in [1.165, 1.54) is 6.42 Å². The zero-order chi connectivity index (χ0) is 16.5. The summed E-state index contributed by atoms with van der Waals surface area (Å²) in [5.74, 6) is 0.640. The summed E-state index contributed by atoms with van der Waals surface area (Å²) >= 11 is 0. The third-order valence-corrected chi connectivity index (χ3v) is 4.69. The van der Waals surface area contributed by atoms with Crippen molar-refractivity contribution >= 4 is 17.0 Å². The van der Waals surface area contributed by atoms with Crippen molar-refractivity contribution in [2.24, 2.45) is 0 Å². The smallest absolute Gasteiger partial charge is 0.262 e. The number of pyridine rings is 1. The number of nitrogens with zero attached hydrogens (tertiary/aromatic N) is 3. The Kier molecular flexibility index (Phi) is 3.76. The maximum Gasteiger partial charge on any atom is 0.262 e. The normalized spacial score (nSPS) is 15.0. The second-order valence-electron chi connectivity index (χ2n) is 6.31. The molecular weight excluding hydrogens is 300 g/mol. The van der Waals surface area contributed by atoms with Crippen molar-refractivity contribution in [3.63, 3.8) is 0 Å². The topological polar surface area (TPSA) is 61.9 Å². The van der Waals surface area contributed by atoms with Gasteiger partial charge in [0.2, 0.25) is 5.95 Å². The molecule has 24 heavy (non-hydrogen) atoms. The molecule has 0 bridgehead atoms. The van der Waals surface area contributed by atoms with E-state index < -0.39 is 0 Å². The van der Waals surface area contributed by atoms with Gasteiger partial charge >= 0.3 is 0 Å². The zero-order valence-corrected chi connectivity index (χ0v) is 13.7. The molecule has 3 aromatic rings. The van der Waals surface area contributed by atoms with Gasteiger partial charge in [-0.25, -0.2) is 4.98 Å². The van der Waals surface area contributed by atoms with Gasteiger partial charge in [-0.1, -0.05) is 24.3 Å². The van der Waals surface area contributed by atoms with Gasteiger partial charge in [-0.15, -0.1) is 0 Å². The van der Waals surface area contributed by atoms with Crippen LogP contribution in [0.2, 0.25) is 0 Å². The van der Waals surface area contributed by atoms with Crippen LogP contribution in [0.15, 0.2) is 41.3 Å². The molecule has 0 unspecified atom stereocenters. The number of benzene rings is 1. The Morgan fingerprint density at radius 2 is 1.83 bits per heavy atom. The number of hydrogen-bond donors (Lipinski definition) is 1. The predicted molar refractivity (Wildman–Crippen MR) is 96.4 cm³/mol. The van der Waals surface area contributed by atoms with Crippen molar-refractivity contribution in [3.05, 3.63) is 52.4 Å². The van der Waals surface area contributed by atoms with E-state index in [-0.39, 0.29) is 5.56 Å². The molecule has 1 saturated heterocycles. The highest BCUT2D eigenvalue weighted by Crippen LogP contribution is 2.27. The molecule has 1 aromatic carbocycles. The first kappa shape index (κ1) is 14.9. The molecule has 122 valence electrons. The zero-order valence-electron chi connectivity index (χ0n) is 13.7. The van der Waals surface area contributed by atoms with E-state index in [1.807, 2.05) is 37.3 Å². The molecule has 0 radical (unpaired) electrons. The van der Waals surface area contributed by atoms with Gasteiger partial charge in [0, 0.05) is 24.8 Å². The number of hydrogen-bond acceptors (Lipinski definition) is 4. The van der Waals surface area contributed by atoms with Gasteiger partial charge < -0.3 is 4.90 Å². The predicted octanol–water partition coefficient (Wildman–Crippen LogP) is 3.28. The Balaban J connectivity index is 1.89. The number of anilines is 1.